The van der Waals surface area contributed by atoms with E-state index in [2.05, 4.69) is 29.2 Å². The topological polar surface area (TPSA) is 76.8 Å². The number of hydrogen-bond donors (Lipinski definition) is 1. The maximum atomic E-state index is 12.6. The van der Waals surface area contributed by atoms with Crippen molar-refractivity contribution in [1.82, 2.24) is 15.4 Å². The summed E-state index contributed by atoms with van der Waals surface area (Å²) in [6.07, 6.45) is 0.0189. The zero-order valence-corrected chi connectivity index (χ0v) is 17.7. The first-order valence-electron chi connectivity index (χ1n) is 10.2. The van der Waals surface area contributed by atoms with Crippen molar-refractivity contribution >= 4 is 5.91 Å². The van der Waals surface area contributed by atoms with Gasteiger partial charge < -0.3 is 19.3 Å². The number of amides is 1. The van der Waals surface area contributed by atoms with Crippen LogP contribution in [0, 0.1) is 19.8 Å². The molecule has 0 bridgehead atoms. The summed E-state index contributed by atoms with van der Waals surface area (Å²) in [5.74, 6) is 1.87. The molecular weight excluding hydrogens is 370 g/mol. The fourth-order valence-electron chi connectivity index (χ4n) is 3.49. The van der Waals surface area contributed by atoms with E-state index in [9.17, 15) is 4.79 Å². The van der Waals surface area contributed by atoms with Crippen molar-refractivity contribution in [3.63, 3.8) is 0 Å². The lowest BCUT2D eigenvalue weighted by molar-refractivity contribution is -0.0295. The van der Waals surface area contributed by atoms with Crippen LogP contribution >= 0.6 is 0 Å². The Morgan fingerprint density at radius 2 is 2.21 bits per heavy atom. The highest BCUT2D eigenvalue weighted by atomic mass is 16.5. The summed E-state index contributed by atoms with van der Waals surface area (Å²) in [4.78, 5) is 15.0. The third-order valence-corrected chi connectivity index (χ3v) is 5.00. The van der Waals surface area contributed by atoms with Crippen LogP contribution in [0.5, 0.6) is 5.75 Å². The normalized spacial score (nSPS) is 17.5. The minimum Gasteiger partial charge on any atom is -0.489 e. The van der Waals surface area contributed by atoms with Crippen molar-refractivity contribution in [3.8, 4) is 5.75 Å². The Labute approximate surface area is 172 Å². The number of aryl methyl sites for hydroxylation is 2. The standard InChI is InChI=1S/C22H31N3O4/c1-15(2)12-25-8-9-27-20(13-25)11-23-22(26)18-6-5-7-19(10-18)28-14-21-16(3)24-29-17(21)4/h5-7,10,15,20H,8-9,11-14H2,1-4H3,(H,23,26). The number of morpholine rings is 1. The number of nitrogens with zero attached hydrogens (tertiary/aromatic N) is 2. The summed E-state index contributed by atoms with van der Waals surface area (Å²) in [6, 6.07) is 7.19. The highest BCUT2D eigenvalue weighted by Crippen LogP contribution is 2.18. The van der Waals surface area contributed by atoms with Crippen LogP contribution in [0.1, 0.15) is 41.2 Å². The van der Waals surface area contributed by atoms with E-state index >= 15 is 0 Å². The quantitative estimate of drug-likeness (QED) is 0.733. The summed E-state index contributed by atoms with van der Waals surface area (Å²) < 4.78 is 16.8. The molecule has 0 saturated carbocycles. The van der Waals surface area contributed by atoms with Crippen LogP contribution in [0.15, 0.2) is 28.8 Å². The highest BCUT2D eigenvalue weighted by molar-refractivity contribution is 5.94. The van der Waals surface area contributed by atoms with Crippen molar-refractivity contribution < 1.29 is 18.8 Å². The largest absolute Gasteiger partial charge is 0.489 e. The van der Waals surface area contributed by atoms with Crippen LogP contribution in [0.4, 0.5) is 0 Å². The van der Waals surface area contributed by atoms with Gasteiger partial charge in [-0.05, 0) is 38.0 Å². The lowest BCUT2D eigenvalue weighted by atomic mass is 10.1. The smallest absolute Gasteiger partial charge is 0.251 e. The van der Waals surface area contributed by atoms with Gasteiger partial charge in [0.05, 0.1) is 24.0 Å². The maximum Gasteiger partial charge on any atom is 0.251 e. The van der Waals surface area contributed by atoms with Crippen molar-refractivity contribution in [2.45, 2.75) is 40.4 Å². The van der Waals surface area contributed by atoms with Crippen molar-refractivity contribution in [1.29, 1.82) is 0 Å². The van der Waals surface area contributed by atoms with Gasteiger partial charge in [-0.3, -0.25) is 9.69 Å². The number of rotatable bonds is 8. The second-order valence-corrected chi connectivity index (χ2v) is 7.98. The molecule has 1 N–H and O–H groups in total. The Morgan fingerprint density at radius 1 is 1.38 bits per heavy atom. The van der Waals surface area contributed by atoms with Gasteiger partial charge >= 0.3 is 0 Å². The molecule has 1 amide bonds. The number of ether oxygens (including phenoxy) is 2. The maximum absolute atomic E-state index is 12.6. The fraction of sp³-hybridized carbons (Fsp3) is 0.545. The Hall–Kier alpha value is -2.38. The Balaban J connectivity index is 1.51. The zero-order chi connectivity index (χ0) is 20.8. The third-order valence-electron chi connectivity index (χ3n) is 5.00. The average molecular weight is 402 g/mol. The number of carbonyl (C=O) groups is 1. The van der Waals surface area contributed by atoms with Gasteiger partial charge in [-0.25, -0.2) is 0 Å². The van der Waals surface area contributed by atoms with Crippen molar-refractivity contribution in [2.24, 2.45) is 5.92 Å². The minimum absolute atomic E-state index is 0.0189. The van der Waals surface area contributed by atoms with E-state index in [0.717, 1.165) is 36.7 Å². The molecule has 1 aromatic heterocycles. The number of hydrogen-bond acceptors (Lipinski definition) is 6. The van der Waals surface area contributed by atoms with Gasteiger partial charge in [0.1, 0.15) is 18.1 Å². The molecule has 1 aromatic carbocycles. The second-order valence-electron chi connectivity index (χ2n) is 7.98. The molecule has 29 heavy (non-hydrogen) atoms. The molecule has 1 aliphatic rings. The minimum atomic E-state index is -0.127. The fourth-order valence-corrected chi connectivity index (χ4v) is 3.49. The van der Waals surface area contributed by atoms with Crippen LogP contribution < -0.4 is 10.1 Å². The third kappa shape index (κ3) is 6.05. The monoisotopic (exact) mass is 401 g/mol. The zero-order valence-electron chi connectivity index (χ0n) is 17.7. The number of nitrogens with one attached hydrogen (secondary N) is 1. The van der Waals surface area contributed by atoms with E-state index in [1.165, 1.54) is 0 Å². The first kappa shape index (κ1) is 21.3. The first-order valence-corrected chi connectivity index (χ1v) is 10.2. The summed E-state index contributed by atoms with van der Waals surface area (Å²) in [5, 5.41) is 6.92. The average Bonchev–Trinajstić information content (AvgIpc) is 3.02. The van der Waals surface area contributed by atoms with Gasteiger partial charge in [0.2, 0.25) is 0 Å². The van der Waals surface area contributed by atoms with Crippen LogP contribution in [0.3, 0.4) is 0 Å². The Morgan fingerprint density at radius 3 is 2.93 bits per heavy atom. The summed E-state index contributed by atoms with van der Waals surface area (Å²) in [7, 11) is 0. The second kappa shape index (κ2) is 9.89. The van der Waals surface area contributed by atoms with E-state index in [1.807, 2.05) is 26.0 Å². The van der Waals surface area contributed by atoms with Crippen LogP contribution in [0.25, 0.3) is 0 Å². The number of benzene rings is 1. The van der Waals surface area contributed by atoms with Crippen molar-refractivity contribution in [2.75, 3.05) is 32.8 Å². The van der Waals surface area contributed by atoms with Gasteiger partial charge in [0, 0.05) is 31.7 Å². The SMILES string of the molecule is Cc1noc(C)c1COc1cccc(C(=O)NCC2CN(CC(C)C)CCO2)c1. The molecule has 1 saturated heterocycles. The number of aromatic nitrogens is 1. The molecular formula is C22H31N3O4. The summed E-state index contributed by atoms with van der Waals surface area (Å²) in [5.41, 5.74) is 2.31. The Kier molecular flexibility index (Phi) is 7.28. The first-order chi connectivity index (χ1) is 13.9. The van der Waals surface area contributed by atoms with Gasteiger partial charge in [-0.2, -0.15) is 0 Å². The molecule has 2 heterocycles. The molecule has 1 fully saturated rings. The molecule has 1 aliphatic heterocycles. The molecule has 7 heteroatoms. The molecule has 0 aliphatic carbocycles. The lowest BCUT2D eigenvalue weighted by Crippen LogP contribution is -2.48. The predicted molar refractivity (Wildman–Crippen MR) is 110 cm³/mol. The molecule has 1 atom stereocenters. The highest BCUT2D eigenvalue weighted by Gasteiger charge is 2.21. The van der Waals surface area contributed by atoms with Crippen LogP contribution in [0.2, 0.25) is 0 Å². The van der Waals surface area contributed by atoms with Crippen LogP contribution in [-0.4, -0.2) is 54.9 Å². The van der Waals surface area contributed by atoms with Gasteiger partial charge in [-0.1, -0.05) is 25.1 Å². The van der Waals surface area contributed by atoms with E-state index < -0.39 is 0 Å². The predicted octanol–water partition coefficient (Wildman–Crippen LogP) is 2.96. The van der Waals surface area contributed by atoms with E-state index in [-0.39, 0.29) is 12.0 Å². The molecule has 0 radical (unpaired) electrons. The molecule has 3 rings (SSSR count). The molecule has 0 spiro atoms. The Bertz CT molecular complexity index is 799. The van der Waals surface area contributed by atoms with Crippen molar-refractivity contribution in [3.05, 3.63) is 46.8 Å². The molecule has 7 nitrogen and oxygen atoms in total. The molecule has 1 unspecified atom stereocenters. The summed E-state index contributed by atoms with van der Waals surface area (Å²) >= 11 is 0. The summed E-state index contributed by atoms with van der Waals surface area (Å²) in [6.45, 7) is 12.6. The molecule has 158 valence electrons. The van der Waals surface area contributed by atoms with E-state index in [1.54, 1.807) is 12.1 Å². The van der Waals surface area contributed by atoms with Gasteiger partial charge in [0.25, 0.3) is 5.91 Å². The lowest BCUT2D eigenvalue weighted by Gasteiger charge is -2.33. The van der Waals surface area contributed by atoms with E-state index in [4.69, 9.17) is 14.0 Å². The van der Waals surface area contributed by atoms with E-state index in [0.29, 0.717) is 37.0 Å². The van der Waals surface area contributed by atoms with Gasteiger partial charge in [0.15, 0.2) is 0 Å². The molecule has 2 aromatic rings. The number of carbonyl (C=O) groups excluding carboxylic acids is 1. The van der Waals surface area contributed by atoms with Crippen LogP contribution in [-0.2, 0) is 11.3 Å². The van der Waals surface area contributed by atoms with Gasteiger partial charge in [-0.15, -0.1) is 0 Å².